The lowest BCUT2D eigenvalue weighted by Gasteiger charge is -2.17. The number of amides is 1. The van der Waals surface area contributed by atoms with Crippen molar-refractivity contribution in [3.8, 4) is 5.75 Å². The molecule has 0 unspecified atom stereocenters. The zero-order valence-electron chi connectivity index (χ0n) is 11.0. The molecular weight excluding hydrogens is 234 g/mol. The van der Waals surface area contributed by atoms with Gasteiger partial charge in [-0.1, -0.05) is 11.6 Å². The smallest absolute Gasteiger partial charge is 0.325 e. The van der Waals surface area contributed by atoms with E-state index in [-0.39, 0.29) is 12.5 Å². The number of ether oxygens (including phenoxy) is 2. The van der Waals surface area contributed by atoms with Gasteiger partial charge in [-0.2, -0.15) is 0 Å². The maximum Gasteiger partial charge on any atom is 0.325 e. The second-order valence-corrected chi connectivity index (χ2v) is 3.94. The third kappa shape index (κ3) is 3.23. The molecule has 1 rings (SSSR count). The topological polar surface area (TPSA) is 55.8 Å². The summed E-state index contributed by atoms with van der Waals surface area (Å²) < 4.78 is 9.66. The number of likely N-dealkylation sites (N-methyl/N-ethyl adjacent to an activating group) is 1. The number of rotatable bonds is 4. The summed E-state index contributed by atoms with van der Waals surface area (Å²) in [7, 11) is 4.33. The molecule has 0 bridgehead atoms. The van der Waals surface area contributed by atoms with Crippen molar-refractivity contribution in [1.29, 1.82) is 0 Å². The largest absolute Gasteiger partial charge is 0.496 e. The summed E-state index contributed by atoms with van der Waals surface area (Å²) in [6.07, 6.45) is 0. The molecule has 0 fully saturated rings. The molecule has 1 aromatic carbocycles. The van der Waals surface area contributed by atoms with Crippen molar-refractivity contribution in [2.24, 2.45) is 0 Å². The Hall–Kier alpha value is -2.04. The molecule has 0 aliphatic carbocycles. The molecule has 0 N–H and O–H groups in total. The van der Waals surface area contributed by atoms with Crippen LogP contribution in [0.2, 0.25) is 0 Å². The summed E-state index contributed by atoms with van der Waals surface area (Å²) in [5, 5.41) is 0. The fourth-order valence-corrected chi connectivity index (χ4v) is 1.52. The van der Waals surface area contributed by atoms with E-state index < -0.39 is 5.97 Å². The van der Waals surface area contributed by atoms with Gasteiger partial charge in [0.2, 0.25) is 0 Å². The highest BCUT2D eigenvalue weighted by Crippen LogP contribution is 2.20. The van der Waals surface area contributed by atoms with Crippen LogP contribution in [0.1, 0.15) is 15.9 Å². The minimum atomic E-state index is -0.461. The first kappa shape index (κ1) is 14.0. The van der Waals surface area contributed by atoms with Gasteiger partial charge in [0, 0.05) is 7.05 Å². The molecule has 0 saturated carbocycles. The molecule has 0 spiro atoms. The van der Waals surface area contributed by atoms with Crippen LogP contribution in [0.4, 0.5) is 0 Å². The lowest BCUT2D eigenvalue weighted by atomic mass is 10.1. The zero-order chi connectivity index (χ0) is 13.7. The maximum absolute atomic E-state index is 12.2. The second kappa shape index (κ2) is 6.05. The molecule has 18 heavy (non-hydrogen) atoms. The van der Waals surface area contributed by atoms with E-state index in [1.54, 1.807) is 19.2 Å². The van der Waals surface area contributed by atoms with Gasteiger partial charge < -0.3 is 14.4 Å². The summed E-state index contributed by atoms with van der Waals surface area (Å²) in [6.45, 7) is 1.79. The van der Waals surface area contributed by atoms with Crippen LogP contribution in [0.25, 0.3) is 0 Å². The van der Waals surface area contributed by atoms with Crippen molar-refractivity contribution in [2.75, 3.05) is 27.8 Å². The quantitative estimate of drug-likeness (QED) is 0.756. The second-order valence-electron chi connectivity index (χ2n) is 3.94. The Morgan fingerprint density at radius 3 is 2.50 bits per heavy atom. The van der Waals surface area contributed by atoms with E-state index in [1.807, 2.05) is 13.0 Å². The Morgan fingerprint density at radius 2 is 1.94 bits per heavy atom. The monoisotopic (exact) mass is 251 g/mol. The fourth-order valence-electron chi connectivity index (χ4n) is 1.52. The van der Waals surface area contributed by atoms with Crippen molar-refractivity contribution in [2.45, 2.75) is 6.92 Å². The minimum absolute atomic E-state index is 0.0908. The normalized spacial score (nSPS) is 9.78. The van der Waals surface area contributed by atoms with E-state index in [2.05, 4.69) is 4.74 Å². The molecule has 0 radical (unpaired) electrons. The molecule has 1 aromatic rings. The maximum atomic E-state index is 12.2. The zero-order valence-corrected chi connectivity index (χ0v) is 11.0. The molecule has 0 aliphatic rings. The summed E-state index contributed by atoms with van der Waals surface area (Å²) >= 11 is 0. The predicted octanol–water partition coefficient (Wildman–Crippen LogP) is 1.25. The summed E-state index contributed by atoms with van der Waals surface area (Å²) in [5.74, 6) is -0.249. The fraction of sp³-hybridized carbons (Fsp3) is 0.385. The SMILES string of the molecule is COC(=O)CN(C)C(=O)c1cc(C)ccc1OC. The Morgan fingerprint density at radius 1 is 1.28 bits per heavy atom. The average Bonchev–Trinajstić information content (AvgIpc) is 2.37. The number of nitrogens with zero attached hydrogens (tertiary/aromatic N) is 1. The average molecular weight is 251 g/mol. The molecule has 0 atom stereocenters. The van der Waals surface area contributed by atoms with Gasteiger partial charge in [0.05, 0.1) is 19.8 Å². The highest BCUT2D eigenvalue weighted by atomic mass is 16.5. The van der Waals surface area contributed by atoms with E-state index in [4.69, 9.17) is 4.74 Å². The Kier molecular flexibility index (Phi) is 4.71. The summed E-state index contributed by atoms with van der Waals surface area (Å²) in [4.78, 5) is 24.6. The van der Waals surface area contributed by atoms with E-state index in [0.717, 1.165) is 5.56 Å². The minimum Gasteiger partial charge on any atom is -0.496 e. The molecule has 0 heterocycles. The van der Waals surface area contributed by atoms with Crippen molar-refractivity contribution >= 4 is 11.9 Å². The van der Waals surface area contributed by atoms with Crippen molar-refractivity contribution < 1.29 is 19.1 Å². The number of hydrogen-bond acceptors (Lipinski definition) is 4. The highest BCUT2D eigenvalue weighted by Gasteiger charge is 2.18. The number of carbonyl (C=O) groups excluding carboxylic acids is 2. The van der Waals surface area contributed by atoms with Gasteiger partial charge >= 0.3 is 5.97 Å². The number of hydrogen-bond donors (Lipinski definition) is 0. The first-order valence-corrected chi connectivity index (χ1v) is 5.46. The van der Waals surface area contributed by atoms with Crippen LogP contribution in [0.3, 0.4) is 0 Å². The van der Waals surface area contributed by atoms with Crippen LogP contribution in [0, 0.1) is 6.92 Å². The summed E-state index contributed by atoms with van der Waals surface area (Å²) in [5.41, 5.74) is 1.38. The number of methoxy groups -OCH3 is 2. The van der Waals surface area contributed by atoms with Gasteiger partial charge in [0.1, 0.15) is 12.3 Å². The molecule has 0 saturated heterocycles. The third-order valence-electron chi connectivity index (χ3n) is 2.53. The van der Waals surface area contributed by atoms with E-state index in [1.165, 1.54) is 19.1 Å². The Labute approximate surface area is 106 Å². The van der Waals surface area contributed by atoms with E-state index >= 15 is 0 Å². The van der Waals surface area contributed by atoms with Crippen LogP contribution in [-0.4, -0.2) is 44.6 Å². The lowest BCUT2D eigenvalue weighted by molar-refractivity contribution is -0.141. The molecule has 5 nitrogen and oxygen atoms in total. The summed E-state index contributed by atoms with van der Waals surface area (Å²) in [6, 6.07) is 5.32. The van der Waals surface area contributed by atoms with E-state index in [9.17, 15) is 9.59 Å². The molecule has 0 aliphatic heterocycles. The number of carbonyl (C=O) groups is 2. The van der Waals surface area contributed by atoms with Gasteiger partial charge in [-0.3, -0.25) is 9.59 Å². The van der Waals surface area contributed by atoms with Gasteiger partial charge in [0.15, 0.2) is 0 Å². The van der Waals surface area contributed by atoms with Crippen molar-refractivity contribution in [3.05, 3.63) is 29.3 Å². The standard InChI is InChI=1S/C13H17NO4/c1-9-5-6-11(17-3)10(7-9)13(16)14(2)8-12(15)18-4/h5-7H,8H2,1-4H3. The number of aryl methyl sites for hydroxylation is 1. The molecule has 98 valence electrons. The van der Waals surface area contributed by atoms with Gasteiger partial charge in [0.25, 0.3) is 5.91 Å². The van der Waals surface area contributed by atoms with Crippen molar-refractivity contribution in [1.82, 2.24) is 4.90 Å². The van der Waals surface area contributed by atoms with Crippen LogP contribution in [0.15, 0.2) is 18.2 Å². The Balaban J connectivity index is 2.95. The Bertz CT molecular complexity index is 456. The molecule has 0 aromatic heterocycles. The molecular formula is C13H17NO4. The molecule has 1 amide bonds. The van der Waals surface area contributed by atoms with Crippen molar-refractivity contribution in [3.63, 3.8) is 0 Å². The van der Waals surface area contributed by atoms with Crippen LogP contribution in [0.5, 0.6) is 5.75 Å². The number of benzene rings is 1. The van der Waals surface area contributed by atoms with Gasteiger partial charge in [-0.25, -0.2) is 0 Å². The van der Waals surface area contributed by atoms with Crippen LogP contribution in [-0.2, 0) is 9.53 Å². The highest BCUT2D eigenvalue weighted by molar-refractivity contribution is 5.98. The van der Waals surface area contributed by atoms with Crippen LogP contribution >= 0.6 is 0 Å². The van der Waals surface area contributed by atoms with Gasteiger partial charge in [-0.15, -0.1) is 0 Å². The predicted molar refractivity (Wildman–Crippen MR) is 66.7 cm³/mol. The first-order valence-electron chi connectivity index (χ1n) is 5.46. The first-order chi connectivity index (χ1) is 8.49. The number of esters is 1. The molecule has 5 heteroatoms. The van der Waals surface area contributed by atoms with E-state index in [0.29, 0.717) is 11.3 Å². The van der Waals surface area contributed by atoms with Gasteiger partial charge in [-0.05, 0) is 19.1 Å². The van der Waals surface area contributed by atoms with Crippen LogP contribution < -0.4 is 4.74 Å². The lowest BCUT2D eigenvalue weighted by Crippen LogP contribution is -2.32. The third-order valence-corrected chi connectivity index (χ3v) is 2.53.